The largest absolute Gasteiger partial charge is 0.489 e. The summed E-state index contributed by atoms with van der Waals surface area (Å²) in [5.41, 5.74) is 2.54. The first-order valence-electron chi connectivity index (χ1n) is 3.86. The van der Waals surface area contributed by atoms with Crippen LogP contribution in [0, 0.1) is 0 Å². The fourth-order valence-electron chi connectivity index (χ4n) is 1.25. The highest BCUT2D eigenvalue weighted by molar-refractivity contribution is 14.1. The predicted molar refractivity (Wildman–Crippen MR) is 58.6 cm³/mol. The molecule has 0 spiro atoms. The molecule has 1 aromatic rings. The Balaban J connectivity index is 2.59. The van der Waals surface area contributed by atoms with Crippen LogP contribution in [-0.2, 0) is 0 Å². The molecule has 0 bridgehead atoms. The summed E-state index contributed by atoms with van der Waals surface area (Å²) in [5, 5.41) is 0. The van der Waals surface area contributed by atoms with E-state index in [2.05, 4.69) is 35.6 Å². The molecule has 0 aromatic heterocycles. The molecule has 1 aliphatic heterocycles. The van der Waals surface area contributed by atoms with Crippen molar-refractivity contribution < 1.29 is 4.74 Å². The minimum atomic E-state index is 0.731. The Morgan fingerprint density at radius 2 is 2.08 bits per heavy atom. The number of ether oxygens (including phenoxy) is 1. The molecule has 62 valence electrons. The van der Waals surface area contributed by atoms with Crippen LogP contribution >= 0.6 is 22.6 Å². The average molecular weight is 272 g/mol. The summed E-state index contributed by atoms with van der Waals surface area (Å²) >= 11 is 2.37. The number of rotatable bonds is 0. The number of benzene rings is 1. The van der Waals surface area contributed by atoms with Gasteiger partial charge in [0, 0.05) is 9.14 Å². The lowest BCUT2D eigenvalue weighted by molar-refractivity contribution is 0.347. The Kier molecular flexibility index (Phi) is 2.09. The molecule has 1 heterocycles. The highest BCUT2D eigenvalue weighted by Crippen LogP contribution is 2.36. The second-order valence-electron chi connectivity index (χ2n) is 2.88. The van der Waals surface area contributed by atoms with Crippen LogP contribution in [0.2, 0.25) is 0 Å². The van der Waals surface area contributed by atoms with Crippen molar-refractivity contribution in [1.29, 1.82) is 0 Å². The van der Waals surface area contributed by atoms with Crippen LogP contribution in [0.4, 0.5) is 0 Å². The number of fused-ring (bicyclic) bond motifs is 1. The number of hydrogen-bond acceptors (Lipinski definition) is 1. The predicted octanol–water partition coefficient (Wildman–Crippen LogP) is 3.25. The summed E-state index contributed by atoms with van der Waals surface area (Å²) in [6.07, 6.45) is 0. The van der Waals surface area contributed by atoms with Crippen molar-refractivity contribution >= 4 is 26.2 Å². The van der Waals surface area contributed by atoms with E-state index in [1.54, 1.807) is 0 Å². The second kappa shape index (κ2) is 3.09. The first-order valence-corrected chi connectivity index (χ1v) is 4.94. The van der Waals surface area contributed by atoms with Gasteiger partial charge in [0.15, 0.2) is 0 Å². The molecule has 1 aromatic carbocycles. The zero-order chi connectivity index (χ0) is 8.55. The molecule has 0 N–H and O–H groups in total. The van der Waals surface area contributed by atoms with Gasteiger partial charge in [-0.2, -0.15) is 0 Å². The Morgan fingerprint density at radius 3 is 2.92 bits per heavy atom. The van der Waals surface area contributed by atoms with Gasteiger partial charge in [-0.05, 0) is 41.2 Å². The van der Waals surface area contributed by atoms with E-state index in [1.807, 2.05) is 18.2 Å². The molecule has 0 aliphatic carbocycles. The summed E-state index contributed by atoms with van der Waals surface area (Å²) in [7, 11) is 0. The fourth-order valence-corrected chi connectivity index (χ4v) is 1.85. The summed E-state index contributed by atoms with van der Waals surface area (Å²) in [6, 6.07) is 8.16. The average Bonchev–Trinajstić information content (AvgIpc) is 2.12. The van der Waals surface area contributed by atoms with Crippen LogP contribution in [0.1, 0.15) is 12.5 Å². The molecular weight excluding hydrogens is 263 g/mol. The van der Waals surface area contributed by atoms with Gasteiger partial charge >= 0.3 is 0 Å². The maximum Gasteiger partial charge on any atom is 0.128 e. The van der Waals surface area contributed by atoms with Crippen LogP contribution in [0.15, 0.2) is 29.8 Å². The van der Waals surface area contributed by atoms with Crippen molar-refractivity contribution in [3.05, 3.63) is 35.4 Å². The third kappa shape index (κ3) is 1.24. The molecule has 0 saturated carbocycles. The fraction of sp³-hybridized carbons (Fsp3) is 0.200. The van der Waals surface area contributed by atoms with Gasteiger partial charge in [-0.1, -0.05) is 18.2 Å². The summed E-state index contributed by atoms with van der Waals surface area (Å²) in [4.78, 5) is 0. The molecule has 1 aliphatic rings. The maximum atomic E-state index is 5.54. The SMILES string of the molecule is CC1=C(I)c2ccccc2OC1. The standard InChI is InChI=1S/C10H9IO/c1-7-6-12-9-5-3-2-4-8(9)10(7)11/h2-5H,6H2,1H3. The van der Waals surface area contributed by atoms with Gasteiger partial charge in [0.2, 0.25) is 0 Å². The van der Waals surface area contributed by atoms with Crippen LogP contribution < -0.4 is 4.74 Å². The summed E-state index contributed by atoms with van der Waals surface area (Å²) in [5.74, 6) is 1.01. The molecule has 2 heteroatoms. The Bertz CT molecular complexity index is 341. The van der Waals surface area contributed by atoms with Gasteiger partial charge in [0.05, 0.1) is 0 Å². The van der Waals surface area contributed by atoms with E-state index < -0.39 is 0 Å². The Labute approximate surface area is 85.6 Å². The molecule has 0 radical (unpaired) electrons. The topological polar surface area (TPSA) is 9.23 Å². The Hall–Kier alpha value is -0.510. The van der Waals surface area contributed by atoms with E-state index in [9.17, 15) is 0 Å². The van der Waals surface area contributed by atoms with E-state index in [4.69, 9.17) is 4.74 Å². The van der Waals surface area contributed by atoms with Crippen LogP contribution in [0.5, 0.6) is 5.75 Å². The quantitative estimate of drug-likeness (QED) is 0.659. The molecule has 0 amide bonds. The van der Waals surface area contributed by atoms with E-state index in [1.165, 1.54) is 14.7 Å². The molecule has 12 heavy (non-hydrogen) atoms. The van der Waals surface area contributed by atoms with Crippen LogP contribution in [0.25, 0.3) is 3.58 Å². The normalized spacial score (nSPS) is 15.5. The van der Waals surface area contributed by atoms with E-state index in [0.717, 1.165) is 12.4 Å². The molecule has 1 nitrogen and oxygen atoms in total. The smallest absolute Gasteiger partial charge is 0.128 e. The molecule has 0 atom stereocenters. The van der Waals surface area contributed by atoms with Crippen LogP contribution in [0.3, 0.4) is 0 Å². The van der Waals surface area contributed by atoms with E-state index >= 15 is 0 Å². The lowest BCUT2D eigenvalue weighted by Crippen LogP contribution is -2.06. The lowest BCUT2D eigenvalue weighted by atomic mass is 10.1. The summed E-state index contributed by atoms with van der Waals surface area (Å²) in [6.45, 7) is 2.84. The third-order valence-electron chi connectivity index (χ3n) is 1.94. The van der Waals surface area contributed by atoms with E-state index in [-0.39, 0.29) is 0 Å². The third-order valence-corrected chi connectivity index (χ3v) is 3.44. The summed E-state index contributed by atoms with van der Waals surface area (Å²) < 4.78 is 6.87. The van der Waals surface area contributed by atoms with Crippen molar-refractivity contribution in [2.24, 2.45) is 0 Å². The van der Waals surface area contributed by atoms with Gasteiger partial charge in [-0.15, -0.1) is 0 Å². The van der Waals surface area contributed by atoms with Crippen molar-refractivity contribution in [3.8, 4) is 5.75 Å². The monoisotopic (exact) mass is 272 g/mol. The van der Waals surface area contributed by atoms with Gasteiger partial charge in [0.25, 0.3) is 0 Å². The number of para-hydroxylation sites is 1. The number of hydrogen-bond donors (Lipinski definition) is 0. The van der Waals surface area contributed by atoms with Gasteiger partial charge in [0.1, 0.15) is 12.4 Å². The molecule has 0 unspecified atom stereocenters. The van der Waals surface area contributed by atoms with Gasteiger partial charge in [-0.3, -0.25) is 0 Å². The van der Waals surface area contributed by atoms with Gasteiger partial charge < -0.3 is 4.74 Å². The minimum absolute atomic E-state index is 0.731. The van der Waals surface area contributed by atoms with Crippen LogP contribution in [-0.4, -0.2) is 6.61 Å². The highest BCUT2D eigenvalue weighted by atomic mass is 127. The first kappa shape index (κ1) is 8.10. The lowest BCUT2D eigenvalue weighted by Gasteiger charge is -2.18. The second-order valence-corrected chi connectivity index (χ2v) is 3.96. The molecule has 2 rings (SSSR count). The van der Waals surface area contributed by atoms with Crippen molar-refractivity contribution in [1.82, 2.24) is 0 Å². The van der Waals surface area contributed by atoms with Crippen molar-refractivity contribution in [2.75, 3.05) is 6.61 Å². The van der Waals surface area contributed by atoms with Crippen molar-refractivity contribution in [3.63, 3.8) is 0 Å². The van der Waals surface area contributed by atoms with Gasteiger partial charge in [-0.25, -0.2) is 0 Å². The molecular formula is C10H9IO. The maximum absolute atomic E-state index is 5.54. The highest BCUT2D eigenvalue weighted by Gasteiger charge is 2.13. The minimum Gasteiger partial charge on any atom is -0.489 e. The molecule has 0 fully saturated rings. The molecule has 0 saturated heterocycles. The first-order chi connectivity index (χ1) is 5.79. The zero-order valence-corrected chi connectivity index (χ0v) is 8.96. The number of halogens is 1. The van der Waals surface area contributed by atoms with Crippen molar-refractivity contribution in [2.45, 2.75) is 6.92 Å². The zero-order valence-electron chi connectivity index (χ0n) is 6.80. The van der Waals surface area contributed by atoms with E-state index in [0.29, 0.717) is 0 Å². The Morgan fingerprint density at radius 1 is 1.33 bits per heavy atom.